The van der Waals surface area contributed by atoms with Crippen LogP contribution >= 0.6 is 11.3 Å². The summed E-state index contributed by atoms with van der Waals surface area (Å²) in [6.07, 6.45) is 1.15. The average molecular weight is 281 g/mol. The van der Waals surface area contributed by atoms with E-state index in [-0.39, 0.29) is 0 Å². The van der Waals surface area contributed by atoms with Gasteiger partial charge in [0.05, 0.1) is 0 Å². The first-order valence-corrected chi connectivity index (χ1v) is 8.15. The molecule has 0 aliphatic carbocycles. The van der Waals surface area contributed by atoms with Gasteiger partial charge < -0.3 is 10.2 Å². The minimum Gasteiger partial charge on any atom is -0.313 e. The van der Waals surface area contributed by atoms with Crippen molar-refractivity contribution in [1.29, 1.82) is 0 Å². The van der Waals surface area contributed by atoms with Crippen LogP contribution in [0.3, 0.4) is 0 Å². The molecule has 1 aliphatic rings. The van der Waals surface area contributed by atoms with Crippen molar-refractivity contribution in [3.8, 4) is 0 Å². The van der Waals surface area contributed by atoms with Crippen LogP contribution in [0.25, 0.3) is 0 Å². The Morgan fingerprint density at radius 2 is 2.00 bits per heavy atom. The highest BCUT2D eigenvalue weighted by molar-refractivity contribution is 7.11. The summed E-state index contributed by atoms with van der Waals surface area (Å²) in [5.41, 5.74) is 0. The van der Waals surface area contributed by atoms with Crippen molar-refractivity contribution in [2.45, 2.75) is 26.3 Å². The summed E-state index contributed by atoms with van der Waals surface area (Å²) in [4.78, 5) is 7.89. The minimum absolute atomic E-state index is 0.575. The molecule has 2 rings (SSSR count). The maximum absolute atomic E-state index is 3.65. The van der Waals surface area contributed by atoms with E-state index in [0.29, 0.717) is 6.04 Å². The first kappa shape index (κ1) is 15.0. The number of nitrogens with one attached hydrogen (secondary N) is 1. The summed E-state index contributed by atoms with van der Waals surface area (Å²) < 4.78 is 0. The van der Waals surface area contributed by atoms with Crippen molar-refractivity contribution < 1.29 is 0 Å². The summed E-state index contributed by atoms with van der Waals surface area (Å²) >= 11 is 1.92. The van der Waals surface area contributed by atoms with Gasteiger partial charge in [0, 0.05) is 55.1 Å². The fraction of sp³-hybridized carbons (Fsp3) is 0.733. The van der Waals surface area contributed by atoms with Gasteiger partial charge in [0.2, 0.25) is 0 Å². The second-order valence-corrected chi connectivity index (χ2v) is 7.09. The van der Waals surface area contributed by atoms with Crippen molar-refractivity contribution >= 4 is 11.3 Å². The molecule has 1 aromatic heterocycles. The zero-order chi connectivity index (χ0) is 13.7. The molecule has 108 valence electrons. The van der Waals surface area contributed by atoms with Gasteiger partial charge in [-0.25, -0.2) is 0 Å². The molecule has 3 nitrogen and oxygen atoms in total. The number of piperazine rings is 1. The molecule has 1 fully saturated rings. The van der Waals surface area contributed by atoms with Crippen molar-refractivity contribution in [3.63, 3.8) is 0 Å². The van der Waals surface area contributed by atoms with E-state index in [1.807, 2.05) is 11.3 Å². The van der Waals surface area contributed by atoms with E-state index in [1.54, 1.807) is 0 Å². The van der Waals surface area contributed by atoms with E-state index < -0.39 is 0 Å². The number of hydrogen-bond donors (Lipinski definition) is 1. The molecule has 1 aromatic rings. The van der Waals surface area contributed by atoms with Crippen molar-refractivity contribution in [2.24, 2.45) is 0 Å². The standard InChI is InChI=1S/C15H27N3S/c1-13(12-15-5-4-14(2)19-15)16-6-7-18-10-8-17(3)9-11-18/h4-5,13,16H,6-12H2,1-3H3. The zero-order valence-corrected chi connectivity index (χ0v) is 13.3. The van der Waals surface area contributed by atoms with Crippen molar-refractivity contribution in [1.82, 2.24) is 15.1 Å². The topological polar surface area (TPSA) is 18.5 Å². The molecular weight excluding hydrogens is 254 g/mol. The summed E-state index contributed by atoms with van der Waals surface area (Å²) in [6.45, 7) is 11.6. The Balaban J connectivity index is 1.60. The molecule has 1 N–H and O–H groups in total. The molecule has 1 aliphatic heterocycles. The van der Waals surface area contributed by atoms with Gasteiger partial charge in [-0.15, -0.1) is 11.3 Å². The zero-order valence-electron chi connectivity index (χ0n) is 12.5. The van der Waals surface area contributed by atoms with Crippen LogP contribution in [-0.4, -0.2) is 62.2 Å². The molecule has 0 bridgehead atoms. The third-order valence-electron chi connectivity index (χ3n) is 3.82. The predicted octanol–water partition coefficient (Wildman–Crippen LogP) is 1.82. The predicted molar refractivity (Wildman–Crippen MR) is 84.2 cm³/mol. The first-order valence-electron chi connectivity index (χ1n) is 7.33. The van der Waals surface area contributed by atoms with Crippen molar-refractivity contribution in [3.05, 3.63) is 21.9 Å². The normalized spacial score (nSPS) is 19.7. The fourth-order valence-corrected chi connectivity index (χ4v) is 3.53. The average Bonchev–Trinajstić information content (AvgIpc) is 2.77. The largest absolute Gasteiger partial charge is 0.313 e. The highest BCUT2D eigenvalue weighted by atomic mass is 32.1. The third-order valence-corrected chi connectivity index (χ3v) is 4.84. The maximum Gasteiger partial charge on any atom is 0.0110 e. The molecule has 0 radical (unpaired) electrons. The molecule has 1 unspecified atom stereocenters. The Kier molecular flexibility index (Phi) is 5.82. The fourth-order valence-electron chi connectivity index (χ4n) is 2.51. The number of nitrogens with zero attached hydrogens (tertiary/aromatic N) is 2. The first-order chi connectivity index (χ1) is 9.13. The molecule has 1 saturated heterocycles. The lowest BCUT2D eigenvalue weighted by Gasteiger charge is -2.32. The molecular formula is C15H27N3S. The lowest BCUT2D eigenvalue weighted by molar-refractivity contribution is 0.154. The van der Waals surface area contributed by atoms with Crippen LogP contribution in [0.5, 0.6) is 0 Å². The second kappa shape index (κ2) is 7.39. The van der Waals surface area contributed by atoms with Crippen LogP contribution < -0.4 is 5.32 Å². The Morgan fingerprint density at radius 1 is 1.26 bits per heavy atom. The van der Waals surface area contributed by atoms with Crippen LogP contribution in [0.15, 0.2) is 12.1 Å². The van der Waals surface area contributed by atoms with E-state index in [2.05, 4.69) is 48.1 Å². The molecule has 0 amide bonds. The van der Waals surface area contributed by atoms with E-state index in [1.165, 1.54) is 42.5 Å². The number of rotatable bonds is 6. The lowest BCUT2D eigenvalue weighted by Crippen LogP contribution is -2.47. The summed E-state index contributed by atoms with van der Waals surface area (Å²) in [7, 11) is 2.21. The number of aryl methyl sites for hydroxylation is 1. The van der Waals surface area contributed by atoms with Gasteiger partial charge in [0.25, 0.3) is 0 Å². The van der Waals surface area contributed by atoms with Gasteiger partial charge in [-0.05, 0) is 39.4 Å². The maximum atomic E-state index is 3.65. The number of likely N-dealkylation sites (N-methyl/N-ethyl adjacent to an activating group) is 1. The summed E-state index contributed by atoms with van der Waals surface area (Å²) in [5, 5.41) is 3.65. The van der Waals surface area contributed by atoms with Crippen LogP contribution in [-0.2, 0) is 6.42 Å². The molecule has 1 atom stereocenters. The molecule has 0 spiro atoms. The van der Waals surface area contributed by atoms with Gasteiger partial charge in [0.1, 0.15) is 0 Å². The summed E-state index contributed by atoms with van der Waals surface area (Å²) in [5.74, 6) is 0. The van der Waals surface area contributed by atoms with Crippen LogP contribution in [0, 0.1) is 6.92 Å². The van der Waals surface area contributed by atoms with Gasteiger partial charge >= 0.3 is 0 Å². The van der Waals surface area contributed by atoms with E-state index >= 15 is 0 Å². The van der Waals surface area contributed by atoms with Crippen LogP contribution in [0.1, 0.15) is 16.7 Å². The SMILES string of the molecule is Cc1ccc(CC(C)NCCN2CCN(C)CC2)s1. The Hall–Kier alpha value is -0.420. The number of hydrogen-bond acceptors (Lipinski definition) is 4. The highest BCUT2D eigenvalue weighted by Crippen LogP contribution is 2.16. The summed E-state index contributed by atoms with van der Waals surface area (Å²) in [6, 6.07) is 5.06. The smallest absolute Gasteiger partial charge is 0.0110 e. The quantitative estimate of drug-likeness (QED) is 0.858. The Morgan fingerprint density at radius 3 is 2.63 bits per heavy atom. The molecule has 0 aromatic carbocycles. The van der Waals surface area contributed by atoms with Crippen molar-refractivity contribution in [2.75, 3.05) is 46.3 Å². The van der Waals surface area contributed by atoms with Gasteiger partial charge in [-0.1, -0.05) is 0 Å². The van der Waals surface area contributed by atoms with E-state index in [4.69, 9.17) is 0 Å². The Labute approximate surface area is 121 Å². The van der Waals surface area contributed by atoms with Crippen LogP contribution in [0.4, 0.5) is 0 Å². The third kappa shape index (κ3) is 5.22. The van der Waals surface area contributed by atoms with Gasteiger partial charge in [-0.3, -0.25) is 4.90 Å². The molecule has 0 saturated carbocycles. The number of thiophene rings is 1. The van der Waals surface area contributed by atoms with Crippen LogP contribution in [0.2, 0.25) is 0 Å². The van der Waals surface area contributed by atoms with E-state index in [0.717, 1.165) is 13.0 Å². The second-order valence-electron chi connectivity index (χ2n) is 5.72. The van der Waals surface area contributed by atoms with Gasteiger partial charge in [0.15, 0.2) is 0 Å². The van der Waals surface area contributed by atoms with E-state index in [9.17, 15) is 0 Å². The van der Waals surface area contributed by atoms with Gasteiger partial charge in [-0.2, -0.15) is 0 Å². The molecule has 2 heterocycles. The highest BCUT2D eigenvalue weighted by Gasteiger charge is 2.13. The molecule has 4 heteroatoms. The Bertz CT molecular complexity index is 369. The minimum atomic E-state index is 0.575. The monoisotopic (exact) mass is 281 g/mol. The lowest BCUT2D eigenvalue weighted by atomic mass is 10.2. The molecule has 19 heavy (non-hydrogen) atoms.